The molecule has 0 saturated carbocycles. The third-order valence-electron chi connectivity index (χ3n) is 4.18. The average molecular weight is 326 g/mol. The number of oxazole rings is 1. The largest absolute Gasteiger partial charge is 0.441 e. The molecule has 1 aromatic carbocycles. The number of piperidine rings is 1. The van der Waals surface area contributed by atoms with Crippen molar-refractivity contribution in [2.75, 3.05) is 18.4 Å². The van der Waals surface area contributed by atoms with E-state index in [1.165, 1.54) is 0 Å². The second-order valence-electron chi connectivity index (χ2n) is 5.93. The van der Waals surface area contributed by atoms with Crippen molar-refractivity contribution >= 4 is 22.7 Å². The van der Waals surface area contributed by atoms with E-state index in [2.05, 4.69) is 25.9 Å². The lowest BCUT2D eigenvalue weighted by molar-refractivity contribution is 0.102. The second kappa shape index (κ2) is 6.04. The van der Waals surface area contributed by atoms with Crippen LogP contribution in [0.2, 0.25) is 0 Å². The maximum atomic E-state index is 12.4. The fourth-order valence-corrected chi connectivity index (χ4v) is 2.94. The first kappa shape index (κ1) is 14.8. The van der Waals surface area contributed by atoms with Crippen LogP contribution in [-0.4, -0.2) is 39.0 Å². The number of nitrogens with zero attached hydrogens (tertiary/aromatic N) is 4. The predicted octanol–water partition coefficient (Wildman–Crippen LogP) is 1.90. The molecule has 2 aromatic heterocycles. The normalized spacial score (nSPS) is 15.7. The molecule has 3 aromatic rings. The van der Waals surface area contributed by atoms with Gasteiger partial charge in [-0.15, -0.1) is 5.10 Å². The molecule has 1 aliphatic rings. The van der Waals surface area contributed by atoms with Crippen molar-refractivity contribution in [2.24, 2.45) is 0 Å². The van der Waals surface area contributed by atoms with E-state index >= 15 is 0 Å². The lowest BCUT2D eigenvalue weighted by atomic mass is 10.1. The zero-order valence-corrected chi connectivity index (χ0v) is 13.3. The van der Waals surface area contributed by atoms with E-state index in [4.69, 9.17) is 4.42 Å². The lowest BCUT2D eigenvalue weighted by Crippen LogP contribution is -2.29. The number of fused-ring (bicyclic) bond motifs is 1. The Kier molecular flexibility index (Phi) is 3.73. The highest BCUT2D eigenvalue weighted by Gasteiger charge is 2.19. The van der Waals surface area contributed by atoms with Crippen LogP contribution in [0.4, 0.5) is 5.69 Å². The van der Waals surface area contributed by atoms with E-state index in [0.29, 0.717) is 28.9 Å². The average Bonchev–Trinajstić information content (AvgIpc) is 3.21. The van der Waals surface area contributed by atoms with Gasteiger partial charge in [0.2, 0.25) is 0 Å². The lowest BCUT2D eigenvalue weighted by Gasteiger charge is -2.22. The van der Waals surface area contributed by atoms with Crippen LogP contribution in [0.1, 0.15) is 35.3 Å². The standard InChI is InChI=1S/C16H18N6O2/c1-10-18-13-3-2-11(8-15(13)24-10)19-16(23)14-9-22(21-20-14)12-4-6-17-7-5-12/h2-3,8-9,12,17H,4-7H2,1H3,(H,19,23). The van der Waals surface area contributed by atoms with E-state index in [-0.39, 0.29) is 5.91 Å². The molecule has 24 heavy (non-hydrogen) atoms. The molecule has 1 amide bonds. The highest BCUT2D eigenvalue weighted by Crippen LogP contribution is 2.21. The second-order valence-corrected chi connectivity index (χ2v) is 5.93. The van der Waals surface area contributed by atoms with Crippen molar-refractivity contribution in [1.29, 1.82) is 0 Å². The molecule has 1 fully saturated rings. The summed E-state index contributed by atoms with van der Waals surface area (Å²) >= 11 is 0. The van der Waals surface area contributed by atoms with Crippen molar-refractivity contribution in [3.05, 3.63) is 36.0 Å². The van der Waals surface area contributed by atoms with Crippen LogP contribution >= 0.6 is 0 Å². The molecule has 0 radical (unpaired) electrons. The van der Waals surface area contributed by atoms with Gasteiger partial charge in [-0.25, -0.2) is 9.67 Å². The Morgan fingerprint density at radius 3 is 3.04 bits per heavy atom. The molecule has 124 valence electrons. The van der Waals surface area contributed by atoms with Crippen molar-refractivity contribution in [1.82, 2.24) is 25.3 Å². The topological polar surface area (TPSA) is 97.9 Å². The Hall–Kier alpha value is -2.74. The number of aromatic nitrogens is 4. The van der Waals surface area contributed by atoms with Crippen LogP contribution < -0.4 is 10.6 Å². The maximum Gasteiger partial charge on any atom is 0.277 e. The minimum absolute atomic E-state index is 0.286. The van der Waals surface area contributed by atoms with Gasteiger partial charge in [0.15, 0.2) is 17.2 Å². The number of hydrogen-bond acceptors (Lipinski definition) is 6. The number of anilines is 1. The van der Waals surface area contributed by atoms with Gasteiger partial charge in [0, 0.05) is 18.7 Å². The molecule has 0 bridgehead atoms. The number of carbonyl (C=O) groups is 1. The molecule has 0 atom stereocenters. The van der Waals surface area contributed by atoms with Crippen LogP contribution in [0.5, 0.6) is 0 Å². The van der Waals surface area contributed by atoms with Gasteiger partial charge in [-0.3, -0.25) is 4.79 Å². The summed E-state index contributed by atoms with van der Waals surface area (Å²) in [5.41, 5.74) is 2.36. The minimum atomic E-state index is -0.286. The Morgan fingerprint density at radius 2 is 2.21 bits per heavy atom. The molecule has 8 nitrogen and oxygen atoms in total. The molecule has 0 unspecified atom stereocenters. The van der Waals surface area contributed by atoms with E-state index < -0.39 is 0 Å². The molecule has 1 aliphatic heterocycles. The zero-order valence-electron chi connectivity index (χ0n) is 13.3. The zero-order chi connectivity index (χ0) is 16.5. The van der Waals surface area contributed by atoms with Crippen molar-refractivity contribution in [3.63, 3.8) is 0 Å². The van der Waals surface area contributed by atoms with E-state index in [9.17, 15) is 4.79 Å². The van der Waals surface area contributed by atoms with Gasteiger partial charge < -0.3 is 15.1 Å². The molecular weight excluding hydrogens is 308 g/mol. The summed E-state index contributed by atoms with van der Waals surface area (Å²) in [6.45, 7) is 3.71. The number of rotatable bonds is 3. The molecule has 0 spiro atoms. The molecule has 3 heterocycles. The number of hydrogen-bond donors (Lipinski definition) is 2. The third-order valence-corrected chi connectivity index (χ3v) is 4.18. The van der Waals surface area contributed by atoms with E-state index in [0.717, 1.165) is 31.4 Å². The van der Waals surface area contributed by atoms with E-state index in [1.807, 2.05) is 6.07 Å². The van der Waals surface area contributed by atoms with Crippen molar-refractivity contribution < 1.29 is 9.21 Å². The Morgan fingerprint density at radius 1 is 1.38 bits per heavy atom. The van der Waals surface area contributed by atoms with E-state index in [1.54, 1.807) is 29.9 Å². The summed E-state index contributed by atoms with van der Waals surface area (Å²) in [5, 5.41) is 14.2. The van der Waals surface area contributed by atoms with Crippen LogP contribution in [0.3, 0.4) is 0 Å². The summed E-state index contributed by atoms with van der Waals surface area (Å²) in [6.07, 6.45) is 3.69. The van der Waals surface area contributed by atoms with Crippen molar-refractivity contribution in [2.45, 2.75) is 25.8 Å². The van der Waals surface area contributed by atoms with Crippen LogP contribution in [-0.2, 0) is 0 Å². The monoisotopic (exact) mass is 326 g/mol. The molecular formula is C16H18N6O2. The molecule has 0 aliphatic carbocycles. The maximum absolute atomic E-state index is 12.4. The van der Waals surface area contributed by atoms with Gasteiger partial charge in [0.05, 0.1) is 12.2 Å². The Labute approximate surface area is 138 Å². The van der Waals surface area contributed by atoms with Gasteiger partial charge in [0.25, 0.3) is 5.91 Å². The first-order valence-corrected chi connectivity index (χ1v) is 8.00. The highest BCUT2D eigenvalue weighted by atomic mass is 16.3. The van der Waals surface area contributed by atoms with Gasteiger partial charge in [0.1, 0.15) is 5.52 Å². The molecule has 1 saturated heterocycles. The van der Waals surface area contributed by atoms with Gasteiger partial charge in [-0.05, 0) is 38.1 Å². The van der Waals surface area contributed by atoms with Crippen molar-refractivity contribution in [3.8, 4) is 0 Å². The van der Waals surface area contributed by atoms with Crippen LogP contribution in [0.15, 0.2) is 28.8 Å². The first-order valence-electron chi connectivity index (χ1n) is 8.00. The third kappa shape index (κ3) is 2.88. The molecule has 4 rings (SSSR count). The number of benzene rings is 1. The summed E-state index contributed by atoms with van der Waals surface area (Å²) in [6, 6.07) is 5.66. The summed E-state index contributed by atoms with van der Waals surface area (Å²) in [7, 11) is 0. The number of carbonyl (C=O) groups excluding carboxylic acids is 1. The number of aryl methyl sites for hydroxylation is 1. The smallest absolute Gasteiger partial charge is 0.277 e. The van der Waals surface area contributed by atoms with Crippen LogP contribution in [0.25, 0.3) is 11.1 Å². The highest BCUT2D eigenvalue weighted by molar-refractivity contribution is 6.03. The SMILES string of the molecule is Cc1nc2ccc(NC(=O)c3cn(C4CCNCC4)nn3)cc2o1. The molecule has 2 N–H and O–H groups in total. The Balaban J connectivity index is 1.49. The predicted molar refractivity (Wildman–Crippen MR) is 87.9 cm³/mol. The molecule has 8 heteroatoms. The number of nitrogens with one attached hydrogen (secondary N) is 2. The first-order chi connectivity index (χ1) is 11.7. The van der Waals surface area contributed by atoms with Gasteiger partial charge >= 0.3 is 0 Å². The quantitative estimate of drug-likeness (QED) is 0.763. The Bertz CT molecular complexity index is 878. The van der Waals surface area contributed by atoms with Gasteiger partial charge in [-0.2, -0.15) is 0 Å². The fourth-order valence-electron chi connectivity index (χ4n) is 2.94. The van der Waals surface area contributed by atoms with Crippen LogP contribution in [0, 0.1) is 6.92 Å². The summed E-state index contributed by atoms with van der Waals surface area (Å²) < 4.78 is 7.27. The number of amides is 1. The summed E-state index contributed by atoms with van der Waals surface area (Å²) in [5.74, 6) is 0.309. The van der Waals surface area contributed by atoms with Gasteiger partial charge in [-0.1, -0.05) is 5.21 Å². The fraction of sp³-hybridized carbons (Fsp3) is 0.375. The minimum Gasteiger partial charge on any atom is -0.441 e. The summed E-state index contributed by atoms with van der Waals surface area (Å²) in [4.78, 5) is 16.6.